The van der Waals surface area contributed by atoms with E-state index in [1.54, 1.807) is 14.2 Å². The second kappa shape index (κ2) is 8.49. The van der Waals surface area contributed by atoms with Crippen LogP contribution in [0.15, 0.2) is 24.3 Å². The van der Waals surface area contributed by atoms with E-state index >= 15 is 0 Å². The lowest BCUT2D eigenvalue weighted by Gasteiger charge is -2.07. The monoisotopic (exact) mass is 252 g/mol. The molecule has 5 nitrogen and oxygen atoms in total. The predicted octanol–water partition coefficient (Wildman–Crippen LogP) is 0.547. The van der Waals surface area contributed by atoms with Crippen LogP contribution in [0.5, 0.6) is 5.75 Å². The summed E-state index contributed by atoms with van der Waals surface area (Å²) in [6, 6.07) is 7.63. The number of rotatable bonds is 8. The van der Waals surface area contributed by atoms with Crippen LogP contribution in [0.1, 0.15) is 5.56 Å². The lowest BCUT2D eigenvalue weighted by Crippen LogP contribution is -2.31. The third kappa shape index (κ3) is 5.65. The Bertz CT molecular complexity index is 352. The zero-order chi connectivity index (χ0) is 13.2. The molecule has 0 atom stereocenters. The Labute approximate surface area is 107 Å². The maximum Gasteiger partial charge on any atom is 0.234 e. The van der Waals surface area contributed by atoms with E-state index in [0.717, 1.165) is 11.3 Å². The second-order valence-electron chi connectivity index (χ2n) is 3.79. The van der Waals surface area contributed by atoms with Crippen molar-refractivity contribution in [2.45, 2.75) is 6.54 Å². The fraction of sp³-hybridized carbons (Fsp3) is 0.462. The van der Waals surface area contributed by atoms with Crippen molar-refractivity contribution in [2.75, 3.05) is 33.9 Å². The van der Waals surface area contributed by atoms with E-state index in [4.69, 9.17) is 9.47 Å². The van der Waals surface area contributed by atoms with E-state index in [-0.39, 0.29) is 5.91 Å². The van der Waals surface area contributed by atoms with Crippen LogP contribution in [-0.2, 0) is 16.1 Å². The summed E-state index contributed by atoms with van der Waals surface area (Å²) >= 11 is 0. The summed E-state index contributed by atoms with van der Waals surface area (Å²) in [5, 5.41) is 5.61. The van der Waals surface area contributed by atoms with Gasteiger partial charge in [-0.3, -0.25) is 4.79 Å². The highest BCUT2D eigenvalue weighted by atomic mass is 16.5. The van der Waals surface area contributed by atoms with Gasteiger partial charge in [-0.25, -0.2) is 0 Å². The van der Waals surface area contributed by atoms with Gasteiger partial charge in [0, 0.05) is 13.7 Å². The lowest BCUT2D eigenvalue weighted by molar-refractivity contribution is -0.120. The molecule has 0 bridgehead atoms. The highest BCUT2D eigenvalue weighted by molar-refractivity contribution is 5.77. The molecule has 0 fully saturated rings. The lowest BCUT2D eigenvalue weighted by atomic mass is 10.2. The van der Waals surface area contributed by atoms with Crippen molar-refractivity contribution in [2.24, 2.45) is 0 Å². The molecule has 1 amide bonds. The van der Waals surface area contributed by atoms with Crippen molar-refractivity contribution in [3.8, 4) is 5.75 Å². The number of amides is 1. The van der Waals surface area contributed by atoms with Crippen molar-refractivity contribution >= 4 is 5.91 Å². The molecule has 100 valence electrons. The molecule has 1 aromatic carbocycles. The topological polar surface area (TPSA) is 59.6 Å². The first-order valence-corrected chi connectivity index (χ1v) is 5.88. The first-order valence-electron chi connectivity index (χ1n) is 5.88. The van der Waals surface area contributed by atoms with Gasteiger partial charge in [0.25, 0.3) is 0 Å². The maximum absolute atomic E-state index is 11.2. The molecule has 0 radical (unpaired) electrons. The van der Waals surface area contributed by atoms with E-state index in [1.165, 1.54) is 0 Å². The predicted molar refractivity (Wildman–Crippen MR) is 69.6 cm³/mol. The van der Waals surface area contributed by atoms with Crippen LogP contribution in [0, 0.1) is 0 Å². The van der Waals surface area contributed by atoms with Gasteiger partial charge in [0.15, 0.2) is 0 Å². The zero-order valence-corrected chi connectivity index (χ0v) is 10.9. The summed E-state index contributed by atoms with van der Waals surface area (Å²) in [5.41, 5.74) is 1.04. The molecule has 18 heavy (non-hydrogen) atoms. The molecule has 5 heteroatoms. The van der Waals surface area contributed by atoms with Crippen molar-refractivity contribution in [1.82, 2.24) is 10.6 Å². The van der Waals surface area contributed by atoms with Gasteiger partial charge < -0.3 is 20.1 Å². The molecule has 0 aliphatic rings. The summed E-state index contributed by atoms with van der Waals surface area (Å²) in [6.45, 7) is 1.97. The second-order valence-corrected chi connectivity index (χ2v) is 3.79. The fourth-order valence-corrected chi connectivity index (χ4v) is 1.37. The van der Waals surface area contributed by atoms with Crippen LogP contribution in [-0.4, -0.2) is 39.8 Å². The van der Waals surface area contributed by atoms with E-state index in [9.17, 15) is 4.79 Å². The molecule has 0 aromatic heterocycles. The van der Waals surface area contributed by atoms with Crippen LogP contribution in [0.2, 0.25) is 0 Å². The number of ether oxygens (including phenoxy) is 2. The van der Waals surface area contributed by atoms with Crippen LogP contribution in [0.4, 0.5) is 0 Å². The fourth-order valence-electron chi connectivity index (χ4n) is 1.37. The smallest absolute Gasteiger partial charge is 0.234 e. The minimum Gasteiger partial charge on any atom is -0.491 e. The van der Waals surface area contributed by atoms with Gasteiger partial charge in [-0.2, -0.15) is 0 Å². The van der Waals surface area contributed by atoms with Gasteiger partial charge in [-0.1, -0.05) is 12.1 Å². The number of carbonyl (C=O) groups excluding carboxylic acids is 1. The Kier molecular flexibility index (Phi) is 6.83. The van der Waals surface area contributed by atoms with Gasteiger partial charge in [0.1, 0.15) is 12.4 Å². The van der Waals surface area contributed by atoms with Crippen molar-refractivity contribution in [3.63, 3.8) is 0 Å². The van der Waals surface area contributed by atoms with Crippen molar-refractivity contribution in [3.05, 3.63) is 29.8 Å². The molecule has 0 heterocycles. The van der Waals surface area contributed by atoms with Gasteiger partial charge in [-0.15, -0.1) is 0 Å². The van der Waals surface area contributed by atoms with Gasteiger partial charge >= 0.3 is 0 Å². The Morgan fingerprint density at radius 2 is 1.94 bits per heavy atom. The summed E-state index contributed by atoms with van der Waals surface area (Å²) in [6.07, 6.45) is 0. The number of hydrogen-bond donors (Lipinski definition) is 2. The molecule has 0 spiro atoms. The highest BCUT2D eigenvalue weighted by Crippen LogP contribution is 2.11. The van der Waals surface area contributed by atoms with E-state index < -0.39 is 0 Å². The number of nitrogens with one attached hydrogen (secondary N) is 2. The Hall–Kier alpha value is -1.59. The highest BCUT2D eigenvalue weighted by Gasteiger charge is 1.99. The summed E-state index contributed by atoms with van der Waals surface area (Å²) in [5.74, 6) is 0.787. The first kappa shape index (κ1) is 14.5. The molecule has 2 N–H and O–H groups in total. The first-order chi connectivity index (χ1) is 8.76. The van der Waals surface area contributed by atoms with Crippen molar-refractivity contribution in [1.29, 1.82) is 0 Å². The van der Waals surface area contributed by atoms with Crippen LogP contribution >= 0.6 is 0 Å². The molecule has 0 aliphatic carbocycles. The average Bonchev–Trinajstić information content (AvgIpc) is 2.38. The van der Waals surface area contributed by atoms with Crippen LogP contribution < -0.4 is 15.4 Å². The molecule has 1 rings (SSSR count). The molecule has 0 unspecified atom stereocenters. The maximum atomic E-state index is 11.2. The van der Waals surface area contributed by atoms with Crippen molar-refractivity contribution < 1.29 is 14.3 Å². The molecule has 0 saturated heterocycles. The van der Waals surface area contributed by atoms with E-state index in [1.807, 2.05) is 24.3 Å². The summed E-state index contributed by atoms with van der Waals surface area (Å²) in [7, 11) is 3.38. The minimum atomic E-state index is -0.0158. The molecule has 0 saturated carbocycles. The largest absolute Gasteiger partial charge is 0.491 e. The Morgan fingerprint density at radius 3 is 2.56 bits per heavy atom. The molecular weight excluding hydrogens is 232 g/mol. The normalized spacial score (nSPS) is 10.1. The van der Waals surface area contributed by atoms with Crippen LogP contribution in [0.25, 0.3) is 0 Å². The van der Waals surface area contributed by atoms with Gasteiger partial charge in [0.2, 0.25) is 5.91 Å². The number of carbonyl (C=O) groups is 1. The van der Waals surface area contributed by atoms with E-state index in [2.05, 4.69) is 10.6 Å². The SMILES string of the molecule is CNCC(=O)NCc1ccc(OCCOC)cc1. The Balaban J connectivity index is 2.33. The van der Waals surface area contributed by atoms with Gasteiger partial charge in [-0.05, 0) is 24.7 Å². The number of likely N-dealkylation sites (N-methyl/N-ethyl adjacent to an activating group) is 1. The standard InChI is InChI=1S/C13H20N2O3/c1-14-10-13(16)15-9-11-3-5-12(6-4-11)18-8-7-17-2/h3-6,14H,7-10H2,1-2H3,(H,15,16). The molecule has 1 aromatic rings. The average molecular weight is 252 g/mol. The van der Waals surface area contributed by atoms with Crippen LogP contribution in [0.3, 0.4) is 0 Å². The van der Waals surface area contributed by atoms with Gasteiger partial charge in [0.05, 0.1) is 13.2 Å². The third-order valence-electron chi connectivity index (χ3n) is 2.31. The zero-order valence-electron chi connectivity index (χ0n) is 10.9. The quantitative estimate of drug-likeness (QED) is 0.663. The number of hydrogen-bond acceptors (Lipinski definition) is 4. The van der Waals surface area contributed by atoms with E-state index in [0.29, 0.717) is 26.3 Å². The third-order valence-corrected chi connectivity index (χ3v) is 2.31. The minimum absolute atomic E-state index is 0.0158. The molecular formula is C13H20N2O3. The summed E-state index contributed by atoms with van der Waals surface area (Å²) < 4.78 is 10.3. The number of benzene rings is 1. The number of methoxy groups -OCH3 is 1. The molecule has 0 aliphatic heterocycles. The Morgan fingerprint density at radius 1 is 1.22 bits per heavy atom. The summed E-state index contributed by atoms with van der Waals surface area (Å²) in [4.78, 5) is 11.2.